The van der Waals surface area contributed by atoms with Crippen molar-refractivity contribution in [3.8, 4) is 6.07 Å². The Labute approximate surface area is 102 Å². The van der Waals surface area contributed by atoms with Crippen molar-refractivity contribution < 1.29 is 14.3 Å². The van der Waals surface area contributed by atoms with E-state index in [1.165, 1.54) is 0 Å². The van der Waals surface area contributed by atoms with Crippen LogP contribution in [0.1, 0.15) is 33.6 Å². The summed E-state index contributed by atoms with van der Waals surface area (Å²) in [7, 11) is 0. The molecule has 2 unspecified atom stereocenters. The molecule has 17 heavy (non-hydrogen) atoms. The Bertz CT molecular complexity index is 306. The van der Waals surface area contributed by atoms with Gasteiger partial charge in [0.2, 0.25) is 0 Å². The summed E-state index contributed by atoms with van der Waals surface area (Å²) in [5.41, 5.74) is -0.294. The van der Waals surface area contributed by atoms with E-state index in [4.69, 9.17) is 10.00 Å². The van der Waals surface area contributed by atoms with E-state index in [0.717, 1.165) is 26.1 Å². The third-order valence-corrected chi connectivity index (χ3v) is 2.67. The van der Waals surface area contributed by atoms with Crippen molar-refractivity contribution in [2.45, 2.75) is 44.9 Å². The Balaban J connectivity index is 0.000000185. The molecule has 0 saturated carbocycles. The molecule has 0 N–H and O–H groups in total. The fourth-order valence-corrected chi connectivity index (χ4v) is 1.73. The van der Waals surface area contributed by atoms with Gasteiger partial charge >= 0.3 is 0 Å². The zero-order chi connectivity index (χ0) is 12.9. The molecule has 0 spiro atoms. The molecule has 5 heteroatoms. The number of carbonyl (C=O) groups is 1. The van der Waals surface area contributed by atoms with Gasteiger partial charge in [-0.3, -0.25) is 9.69 Å². The summed E-state index contributed by atoms with van der Waals surface area (Å²) in [5, 5.41) is 8.34. The summed E-state index contributed by atoms with van der Waals surface area (Å²) < 4.78 is 10.0. The Kier molecular flexibility index (Phi) is 4.49. The molecule has 2 fully saturated rings. The highest BCUT2D eigenvalue weighted by Crippen LogP contribution is 2.41. The molecule has 0 bridgehead atoms. The highest BCUT2D eigenvalue weighted by molar-refractivity contribution is 5.37. The van der Waals surface area contributed by atoms with Crippen molar-refractivity contribution in [3.05, 3.63) is 0 Å². The zero-order valence-electron chi connectivity index (χ0n) is 10.7. The van der Waals surface area contributed by atoms with E-state index in [2.05, 4.69) is 15.7 Å². The average Bonchev–Trinajstić information content (AvgIpc) is 2.77. The fraction of sp³-hybridized carbons (Fsp3) is 0.833. The number of carbonyl (C=O) groups excluding carboxylic acids is 1. The second-order valence-corrected chi connectivity index (χ2v) is 5.20. The lowest BCUT2D eigenvalue weighted by molar-refractivity contribution is -0.138. The molecule has 2 saturated heterocycles. The first-order valence-electron chi connectivity index (χ1n) is 5.81. The maximum absolute atomic E-state index is 9.60. The van der Waals surface area contributed by atoms with E-state index in [-0.39, 0.29) is 11.3 Å². The molecule has 0 aromatic rings. The standard InChI is InChI=1S/C7H10N2O.C5H10O2/c8-3-1-2-7-6-9(7)4-5-10-7;1-5(2,3)7-4-6/h1-2,4-6H2;4H,1-3H3. The molecule has 0 aromatic carbocycles. The SMILES string of the molecule is CC(C)(C)OC=O.N#CCCC12CN1CCO2. The number of fused-ring (bicyclic) bond motifs is 1. The van der Waals surface area contributed by atoms with E-state index >= 15 is 0 Å². The third-order valence-electron chi connectivity index (χ3n) is 2.67. The van der Waals surface area contributed by atoms with Crippen LogP contribution < -0.4 is 0 Å². The Morgan fingerprint density at radius 1 is 1.59 bits per heavy atom. The lowest BCUT2D eigenvalue weighted by Gasteiger charge is -2.14. The van der Waals surface area contributed by atoms with Gasteiger partial charge in [0.1, 0.15) is 11.3 Å². The number of ether oxygens (including phenoxy) is 2. The third kappa shape index (κ3) is 4.33. The summed E-state index contributed by atoms with van der Waals surface area (Å²) in [6.45, 7) is 8.88. The van der Waals surface area contributed by atoms with Crippen molar-refractivity contribution >= 4 is 6.47 Å². The van der Waals surface area contributed by atoms with Gasteiger partial charge in [0.05, 0.1) is 12.7 Å². The van der Waals surface area contributed by atoms with Crippen LogP contribution in [0.4, 0.5) is 0 Å². The van der Waals surface area contributed by atoms with Crippen LogP contribution in [0.2, 0.25) is 0 Å². The Hall–Kier alpha value is -1.12. The molecule has 0 radical (unpaired) electrons. The summed E-state index contributed by atoms with van der Waals surface area (Å²) >= 11 is 0. The number of nitrogens with zero attached hydrogens (tertiary/aromatic N) is 2. The molecule has 2 aliphatic rings. The van der Waals surface area contributed by atoms with Gasteiger partial charge in [-0.05, 0) is 20.8 Å². The van der Waals surface area contributed by atoms with Crippen LogP contribution in [0.5, 0.6) is 0 Å². The summed E-state index contributed by atoms with van der Waals surface area (Å²) in [4.78, 5) is 11.9. The van der Waals surface area contributed by atoms with Gasteiger partial charge in [0.15, 0.2) is 0 Å². The molecule has 0 amide bonds. The van der Waals surface area contributed by atoms with E-state index in [9.17, 15) is 4.79 Å². The maximum Gasteiger partial charge on any atom is 0.293 e. The number of hydrogen-bond acceptors (Lipinski definition) is 5. The molecule has 0 aliphatic carbocycles. The average molecular weight is 240 g/mol. The van der Waals surface area contributed by atoms with Crippen LogP contribution in [0.15, 0.2) is 0 Å². The first-order valence-corrected chi connectivity index (χ1v) is 5.81. The highest BCUT2D eigenvalue weighted by atomic mass is 16.5. The van der Waals surface area contributed by atoms with Gasteiger partial charge in [-0.2, -0.15) is 5.26 Å². The lowest BCUT2D eigenvalue weighted by atomic mass is 10.2. The van der Waals surface area contributed by atoms with Crippen LogP contribution >= 0.6 is 0 Å². The van der Waals surface area contributed by atoms with Crippen molar-refractivity contribution in [2.75, 3.05) is 19.7 Å². The molecule has 2 aliphatic heterocycles. The van der Waals surface area contributed by atoms with Gasteiger partial charge in [-0.25, -0.2) is 0 Å². The van der Waals surface area contributed by atoms with E-state index in [1.54, 1.807) is 0 Å². The summed E-state index contributed by atoms with van der Waals surface area (Å²) in [6.07, 6.45) is 1.51. The second kappa shape index (κ2) is 5.48. The quantitative estimate of drug-likeness (QED) is 0.549. The first-order chi connectivity index (χ1) is 7.93. The van der Waals surface area contributed by atoms with E-state index in [0.29, 0.717) is 12.9 Å². The summed E-state index contributed by atoms with van der Waals surface area (Å²) in [5.74, 6) is 0. The maximum atomic E-state index is 9.60. The van der Waals surface area contributed by atoms with Crippen LogP contribution in [-0.4, -0.2) is 42.4 Å². The molecule has 5 nitrogen and oxygen atoms in total. The molecule has 96 valence electrons. The van der Waals surface area contributed by atoms with Crippen LogP contribution in [0, 0.1) is 11.3 Å². The van der Waals surface area contributed by atoms with Gasteiger partial charge in [0, 0.05) is 25.9 Å². The minimum Gasteiger partial charge on any atom is -0.462 e. The molecule has 2 heterocycles. The minimum atomic E-state index is -0.318. The number of nitriles is 1. The lowest BCUT2D eigenvalue weighted by Crippen LogP contribution is -2.17. The van der Waals surface area contributed by atoms with Crippen LogP contribution in [0.25, 0.3) is 0 Å². The predicted molar refractivity (Wildman–Crippen MR) is 62.0 cm³/mol. The minimum absolute atomic E-state index is 0.0235. The van der Waals surface area contributed by atoms with Gasteiger partial charge < -0.3 is 9.47 Å². The van der Waals surface area contributed by atoms with Crippen LogP contribution in [0.3, 0.4) is 0 Å². The topological polar surface area (TPSA) is 62.3 Å². The second-order valence-electron chi connectivity index (χ2n) is 5.20. The van der Waals surface area contributed by atoms with Crippen molar-refractivity contribution in [1.82, 2.24) is 4.90 Å². The van der Waals surface area contributed by atoms with E-state index in [1.807, 2.05) is 20.8 Å². The normalized spacial score (nSPS) is 29.4. The fourth-order valence-electron chi connectivity index (χ4n) is 1.73. The molecule has 0 aromatic heterocycles. The Morgan fingerprint density at radius 2 is 2.29 bits per heavy atom. The number of rotatable bonds is 3. The largest absolute Gasteiger partial charge is 0.462 e. The number of hydrogen-bond donors (Lipinski definition) is 0. The van der Waals surface area contributed by atoms with Crippen LogP contribution in [-0.2, 0) is 14.3 Å². The van der Waals surface area contributed by atoms with Gasteiger partial charge in [0.25, 0.3) is 6.47 Å². The van der Waals surface area contributed by atoms with Gasteiger partial charge in [-0.15, -0.1) is 0 Å². The van der Waals surface area contributed by atoms with Gasteiger partial charge in [-0.1, -0.05) is 0 Å². The molecular weight excluding hydrogens is 220 g/mol. The molecule has 2 rings (SSSR count). The van der Waals surface area contributed by atoms with E-state index < -0.39 is 0 Å². The van der Waals surface area contributed by atoms with Crippen molar-refractivity contribution in [1.29, 1.82) is 5.26 Å². The first kappa shape index (κ1) is 13.9. The zero-order valence-corrected chi connectivity index (χ0v) is 10.7. The van der Waals surface area contributed by atoms with Crippen molar-refractivity contribution in [2.24, 2.45) is 0 Å². The Morgan fingerprint density at radius 3 is 2.59 bits per heavy atom. The molecule has 2 atom stereocenters. The number of morpholine rings is 1. The summed E-state index contributed by atoms with van der Waals surface area (Å²) in [6, 6.07) is 2.14. The smallest absolute Gasteiger partial charge is 0.293 e. The molecular formula is C12H20N2O3. The monoisotopic (exact) mass is 240 g/mol. The highest BCUT2D eigenvalue weighted by Gasteiger charge is 2.56. The van der Waals surface area contributed by atoms with Crippen molar-refractivity contribution in [3.63, 3.8) is 0 Å². The predicted octanol–water partition coefficient (Wildman–Crippen LogP) is 1.29.